The fourth-order valence-corrected chi connectivity index (χ4v) is 3.70. The second-order valence-corrected chi connectivity index (χ2v) is 6.58. The lowest BCUT2D eigenvalue weighted by Gasteiger charge is -2.39. The number of thioether (sulfide) groups is 1. The van der Waals surface area contributed by atoms with Gasteiger partial charge in [-0.1, -0.05) is 13.8 Å². The number of amides is 1. The first kappa shape index (κ1) is 12.2. The van der Waals surface area contributed by atoms with Crippen LogP contribution < -0.4 is 5.32 Å². The third-order valence-electron chi connectivity index (χ3n) is 4.00. The second kappa shape index (κ2) is 4.96. The van der Waals surface area contributed by atoms with E-state index in [1.165, 1.54) is 0 Å². The molecule has 0 saturated carbocycles. The number of nitrogens with zero attached hydrogens (tertiary/aromatic N) is 1. The van der Waals surface area contributed by atoms with E-state index in [1.807, 2.05) is 11.8 Å². The number of rotatable bonds is 1. The summed E-state index contributed by atoms with van der Waals surface area (Å²) in [7, 11) is 0. The highest BCUT2D eigenvalue weighted by Gasteiger charge is 2.37. The van der Waals surface area contributed by atoms with Gasteiger partial charge in [-0.3, -0.25) is 4.79 Å². The molecule has 0 aliphatic carbocycles. The predicted molar refractivity (Wildman–Crippen MR) is 68.6 cm³/mol. The molecule has 2 heterocycles. The van der Waals surface area contributed by atoms with E-state index in [2.05, 4.69) is 31.0 Å². The predicted octanol–water partition coefficient (Wildman–Crippen LogP) is 1.19. The van der Waals surface area contributed by atoms with Crippen molar-refractivity contribution in [1.29, 1.82) is 0 Å². The average Bonchev–Trinajstić information content (AvgIpc) is 2.68. The van der Waals surface area contributed by atoms with Gasteiger partial charge in [0.2, 0.25) is 5.91 Å². The summed E-state index contributed by atoms with van der Waals surface area (Å²) in [6.07, 6.45) is 0. The van der Waals surface area contributed by atoms with Crippen LogP contribution in [0.2, 0.25) is 0 Å². The lowest BCUT2D eigenvalue weighted by atomic mass is 9.95. The van der Waals surface area contributed by atoms with E-state index in [-0.39, 0.29) is 5.92 Å². The zero-order valence-corrected chi connectivity index (χ0v) is 11.2. The van der Waals surface area contributed by atoms with Crippen LogP contribution in [0.3, 0.4) is 0 Å². The van der Waals surface area contributed by atoms with Gasteiger partial charge in [0.15, 0.2) is 0 Å². The van der Waals surface area contributed by atoms with Crippen molar-refractivity contribution in [3.8, 4) is 0 Å². The largest absolute Gasteiger partial charge is 0.338 e. The van der Waals surface area contributed by atoms with Crippen LogP contribution in [0, 0.1) is 11.8 Å². The van der Waals surface area contributed by atoms with E-state index in [9.17, 15) is 4.79 Å². The minimum absolute atomic E-state index is 0.206. The van der Waals surface area contributed by atoms with Crippen molar-refractivity contribution in [3.63, 3.8) is 0 Å². The fourth-order valence-electron chi connectivity index (χ4n) is 2.60. The summed E-state index contributed by atoms with van der Waals surface area (Å²) in [6, 6.07) is 0.388. The normalized spacial score (nSPS) is 40.1. The molecule has 0 aromatic heterocycles. The SMILES string of the molecule is CC1CNCC1C(=O)N1CCSC(C)C1C. The maximum atomic E-state index is 12.4. The molecule has 1 N–H and O–H groups in total. The topological polar surface area (TPSA) is 32.3 Å². The Hall–Kier alpha value is -0.220. The van der Waals surface area contributed by atoms with Crippen molar-refractivity contribution in [3.05, 3.63) is 0 Å². The molecule has 3 nitrogen and oxygen atoms in total. The Kier molecular flexibility index (Phi) is 3.80. The van der Waals surface area contributed by atoms with Gasteiger partial charge in [0.1, 0.15) is 0 Å². The first-order chi connectivity index (χ1) is 7.61. The summed E-state index contributed by atoms with van der Waals surface area (Å²) >= 11 is 1.98. The van der Waals surface area contributed by atoms with Crippen molar-refractivity contribution in [2.75, 3.05) is 25.4 Å². The van der Waals surface area contributed by atoms with Crippen LogP contribution >= 0.6 is 11.8 Å². The number of carbonyl (C=O) groups excluding carboxylic acids is 1. The Bertz CT molecular complexity index is 272. The smallest absolute Gasteiger partial charge is 0.227 e. The highest BCUT2D eigenvalue weighted by molar-refractivity contribution is 8.00. The second-order valence-electron chi connectivity index (χ2n) is 5.09. The van der Waals surface area contributed by atoms with Crippen LogP contribution in [-0.2, 0) is 4.79 Å². The fraction of sp³-hybridized carbons (Fsp3) is 0.917. The molecular formula is C12H22N2OS. The van der Waals surface area contributed by atoms with Crippen LogP contribution in [0.5, 0.6) is 0 Å². The molecule has 0 bridgehead atoms. The van der Waals surface area contributed by atoms with Crippen molar-refractivity contribution in [1.82, 2.24) is 10.2 Å². The Morgan fingerprint density at radius 1 is 1.31 bits per heavy atom. The Labute approximate surface area is 102 Å². The van der Waals surface area contributed by atoms with E-state index in [4.69, 9.17) is 0 Å². The third-order valence-corrected chi connectivity index (χ3v) is 5.34. The zero-order chi connectivity index (χ0) is 11.7. The third kappa shape index (κ3) is 2.23. The first-order valence-corrected chi connectivity index (χ1v) is 7.29. The molecule has 2 saturated heterocycles. The summed E-state index contributed by atoms with van der Waals surface area (Å²) in [4.78, 5) is 14.5. The van der Waals surface area contributed by atoms with E-state index >= 15 is 0 Å². The Balaban J connectivity index is 2.03. The molecule has 0 spiro atoms. The van der Waals surface area contributed by atoms with Crippen LogP contribution in [-0.4, -0.2) is 47.5 Å². The Morgan fingerprint density at radius 3 is 2.69 bits per heavy atom. The maximum Gasteiger partial charge on any atom is 0.227 e. The summed E-state index contributed by atoms with van der Waals surface area (Å²) in [5.41, 5.74) is 0. The van der Waals surface area contributed by atoms with Gasteiger partial charge in [-0.2, -0.15) is 11.8 Å². The molecule has 4 heteroatoms. The molecule has 92 valence electrons. The van der Waals surface area contributed by atoms with E-state index in [0.29, 0.717) is 23.1 Å². The van der Waals surface area contributed by atoms with Crippen LogP contribution in [0.15, 0.2) is 0 Å². The molecule has 2 aliphatic heterocycles. The van der Waals surface area contributed by atoms with E-state index < -0.39 is 0 Å². The number of hydrogen-bond donors (Lipinski definition) is 1. The van der Waals surface area contributed by atoms with Gasteiger partial charge in [-0.25, -0.2) is 0 Å². The highest BCUT2D eigenvalue weighted by Crippen LogP contribution is 2.27. The van der Waals surface area contributed by atoms with Crippen LogP contribution in [0.4, 0.5) is 0 Å². The van der Waals surface area contributed by atoms with Crippen LogP contribution in [0.25, 0.3) is 0 Å². The molecule has 0 aromatic rings. The molecule has 4 atom stereocenters. The van der Waals surface area contributed by atoms with Crippen molar-refractivity contribution in [2.45, 2.75) is 32.1 Å². The van der Waals surface area contributed by atoms with Gasteiger partial charge in [0.05, 0.1) is 5.92 Å². The van der Waals surface area contributed by atoms with Gasteiger partial charge in [-0.05, 0) is 19.4 Å². The molecule has 2 fully saturated rings. The summed E-state index contributed by atoms with van der Waals surface area (Å²) in [5.74, 6) is 2.16. The van der Waals surface area contributed by atoms with Gasteiger partial charge in [0.25, 0.3) is 0 Å². The summed E-state index contributed by atoms with van der Waals surface area (Å²) in [5, 5.41) is 3.89. The molecular weight excluding hydrogens is 220 g/mol. The molecule has 0 radical (unpaired) electrons. The molecule has 4 unspecified atom stereocenters. The van der Waals surface area contributed by atoms with Gasteiger partial charge >= 0.3 is 0 Å². The van der Waals surface area contributed by atoms with Crippen LogP contribution in [0.1, 0.15) is 20.8 Å². The van der Waals surface area contributed by atoms with Gasteiger partial charge < -0.3 is 10.2 Å². The average molecular weight is 242 g/mol. The molecule has 16 heavy (non-hydrogen) atoms. The summed E-state index contributed by atoms with van der Waals surface area (Å²) in [6.45, 7) is 9.37. The summed E-state index contributed by atoms with van der Waals surface area (Å²) < 4.78 is 0. The lowest BCUT2D eigenvalue weighted by Crippen LogP contribution is -2.51. The Morgan fingerprint density at radius 2 is 2.06 bits per heavy atom. The first-order valence-electron chi connectivity index (χ1n) is 6.24. The van der Waals surface area contributed by atoms with Gasteiger partial charge in [-0.15, -0.1) is 0 Å². The van der Waals surface area contributed by atoms with Crippen molar-refractivity contribution >= 4 is 17.7 Å². The van der Waals surface area contributed by atoms with Crippen molar-refractivity contribution in [2.24, 2.45) is 11.8 Å². The molecule has 2 rings (SSSR count). The zero-order valence-electron chi connectivity index (χ0n) is 10.4. The minimum Gasteiger partial charge on any atom is -0.338 e. The quantitative estimate of drug-likeness (QED) is 0.750. The number of nitrogens with one attached hydrogen (secondary N) is 1. The molecule has 2 aliphatic rings. The van der Waals surface area contributed by atoms with Crippen molar-refractivity contribution < 1.29 is 4.79 Å². The number of hydrogen-bond acceptors (Lipinski definition) is 3. The lowest BCUT2D eigenvalue weighted by molar-refractivity contribution is -0.137. The monoisotopic (exact) mass is 242 g/mol. The molecule has 0 aromatic carbocycles. The minimum atomic E-state index is 0.206. The molecule has 1 amide bonds. The van der Waals surface area contributed by atoms with E-state index in [1.54, 1.807) is 0 Å². The van der Waals surface area contributed by atoms with E-state index in [0.717, 1.165) is 25.4 Å². The number of carbonyl (C=O) groups is 1. The standard InChI is InChI=1S/C12H22N2OS/c1-8-6-13-7-11(8)12(15)14-4-5-16-10(3)9(14)2/h8-11,13H,4-7H2,1-3H3. The highest BCUT2D eigenvalue weighted by atomic mass is 32.2. The van der Waals surface area contributed by atoms with Gasteiger partial charge in [0, 0.05) is 30.1 Å². The maximum absolute atomic E-state index is 12.4.